The summed E-state index contributed by atoms with van der Waals surface area (Å²) in [4.78, 5) is 0. The highest BCUT2D eigenvalue weighted by Crippen LogP contribution is 2.51. The highest BCUT2D eigenvalue weighted by Gasteiger charge is 2.49. The molecule has 19 heavy (non-hydrogen) atoms. The van der Waals surface area contributed by atoms with Gasteiger partial charge in [0.2, 0.25) is 0 Å². The summed E-state index contributed by atoms with van der Waals surface area (Å²) in [6, 6.07) is 8.34. The van der Waals surface area contributed by atoms with Crippen LogP contribution in [0.2, 0.25) is 0 Å². The van der Waals surface area contributed by atoms with Crippen molar-refractivity contribution >= 4 is 15.9 Å². The van der Waals surface area contributed by atoms with Crippen molar-refractivity contribution in [2.45, 2.75) is 18.3 Å². The Morgan fingerprint density at radius 3 is 2.84 bits per heavy atom. The summed E-state index contributed by atoms with van der Waals surface area (Å²) < 4.78 is 3.05. The lowest BCUT2D eigenvalue weighted by Crippen LogP contribution is -2.45. The normalized spacial score (nSPS) is 26.2. The Labute approximate surface area is 120 Å². The van der Waals surface area contributed by atoms with E-state index in [0.717, 1.165) is 23.1 Å². The van der Waals surface area contributed by atoms with Crippen LogP contribution in [0.15, 0.2) is 35.1 Å². The Balaban J connectivity index is 2.07. The molecular formula is C14H16BrN3O. The van der Waals surface area contributed by atoms with Crippen LogP contribution in [0.4, 0.5) is 0 Å². The number of nitrogens with zero attached hydrogens (tertiary/aromatic N) is 3. The van der Waals surface area contributed by atoms with Gasteiger partial charge in [-0.05, 0) is 36.5 Å². The minimum Gasteiger partial charge on any atom is -0.396 e. The van der Waals surface area contributed by atoms with Crippen molar-refractivity contribution in [1.29, 1.82) is 0 Å². The van der Waals surface area contributed by atoms with Crippen LogP contribution in [0.1, 0.15) is 24.2 Å². The highest BCUT2D eigenvalue weighted by atomic mass is 79.9. The summed E-state index contributed by atoms with van der Waals surface area (Å²) >= 11 is 3.53. The Kier molecular flexibility index (Phi) is 3.19. The number of aryl methyl sites for hydroxylation is 1. The molecule has 0 atom stereocenters. The quantitative estimate of drug-likeness (QED) is 0.943. The summed E-state index contributed by atoms with van der Waals surface area (Å²) in [5, 5.41) is 17.6. The minimum absolute atomic E-state index is 0.109. The number of benzene rings is 1. The third-order valence-electron chi connectivity index (χ3n) is 4.05. The van der Waals surface area contributed by atoms with Gasteiger partial charge >= 0.3 is 0 Å². The van der Waals surface area contributed by atoms with Crippen molar-refractivity contribution in [3.8, 4) is 0 Å². The molecule has 0 aliphatic heterocycles. The molecule has 4 nitrogen and oxygen atoms in total. The van der Waals surface area contributed by atoms with Gasteiger partial charge in [-0.15, -0.1) is 10.2 Å². The molecule has 0 saturated heterocycles. The molecule has 0 radical (unpaired) electrons. The fourth-order valence-electron chi connectivity index (χ4n) is 3.10. The second kappa shape index (κ2) is 4.72. The number of halogens is 1. The number of rotatable bonds is 3. The van der Waals surface area contributed by atoms with E-state index >= 15 is 0 Å². The molecule has 0 unspecified atom stereocenters. The third-order valence-corrected chi connectivity index (χ3v) is 4.54. The van der Waals surface area contributed by atoms with E-state index in [2.05, 4.69) is 38.3 Å². The molecule has 1 aliphatic carbocycles. The number of aliphatic hydroxyl groups excluding tert-OH is 1. The molecule has 1 saturated carbocycles. The van der Waals surface area contributed by atoms with Gasteiger partial charge < -0.3 is 9.67 Å². The summed E-state index contributed by atoms with van der Waals surface area (Å²) in [7, 11) is 1.97. The largest absolute Gasteiger partial charge is 0.396 e. The van der Waals surface area contributed by atoms with E-state index in [1.807, 2.05) is 23.7 Å². The van der Waals surface area contributed by atoms with Crippen molar-refractivity contribution in [2.75, 3.05) is 6.61 Å². The Hall–Kier alpha value is -1.20. The maximum atomic E-state index is 9.33. The standard InChI is InChI=1S/C14H16BrN3O/c1-18-9-16-17-13(18)14(6-10(7-14)8-19)11-3-2-4-12(15)5-11/h2-5,9-10,19H,6-8H2,1H3. The molecule has 1 N–H and O–H groups in total. The Morgan fingerprint density at radius 2 is 2.26 bits per heavy atom. The van der Waals surface area contributed by atoms with Gasteiger partial charge in [-0.25, -0.2) is 0 Å². The number of hydrogen-bond acceptors (Lipinski definition) is 3. The second-order valence-corrected chi connectivity index (χ2v) is 6.23. The molecule has 1 heterocycles. The zero-order valence-corrected chi connectivity index (χ0v) is 12.3. The zero-order valence-electron chi connectivity index (χ0n) is 10.8. The molecule has 1 fully saturated rings. The van der Waals surface area contributed by atoms with Crippen LogP contribution in [0, 0.1) is 5.92 Å². The van der Waals surface area contributed by atoms with E-state index in [0.29, 0.717) is 5.92 Å². The molecule has 1 aromatic carbocycles. The van der Waals surface area contributed by atoms with E-state index in [-0.39, 0.29) is 12.0 Å². The lowest BCUT2D eigenvalue weighted by molar-refractivity contribution is 0.0940. The zero-order chi connectivity index (χ0) is 13.5. The highest BCUT2D eigenvalue weighted by molar-refractivity contribution is 9.10. The lowest BCUT2D eigenvalue weighted by atomic mass is 9.58. The average molecular weight is 322 g/mol. The first kappa shape index (κ1) is 12.8. The number of aliphatic hydroxyl groups is 1. The topological polar surface area (TPSA) is 50.9 Å². The van der Waals surface area contributed by atoms with Gasteiger partial charge in [0.05, 0.1) is 5.41 Å². The Morgan fingerprint density at radius 1 is 1.47 bits per heavy atom. The summed E-state index contributed by atoms with van der Waals surface area (Å²) in [5.74, 6) is 1.34. The monoisotopic (exact) mass is 321 g/mol. The van der Waals surface area contributed by atoms with Gasteiger partial charge in [-0.3, -0.25) is 0 Å². The van der Waals surface area contributed by atoms with Crippen molar-refractivity contribution in [2.24, 2.45) is 13.0 Å². The maximum Gasteiger partial charge on any atom is 0.143 e. The van der Waals surface area contributed by atoms with Crippen molar-refractivity contribution in [3.63, 3.8) is 0 Å². The van der Waals surface area contributed by atoms with Crippen molar-refractivity contribution in [1.82, 2.24) is 14.8 Å². The smallest absolute Gasteiger partial charge is 0.143 e. The predicted molar refractivity (Wildman–Crippen MR) is 75.7 cm³/mol. The Bertz CT molecular complexity index is 590. The lowest BCUT2D eigenvalue weighted by Gasteiger charge is -2.46. The van der Waals surface area contributed by atoms with Crippen molar-refractivity contribution in [3.05, 3.63) is 46.5 Å². The summed E-state index contributed by atoms with van der Waals surface area (Å²) in [6.07, 6.45) is 3.58. The molecule has 5 heteroatoms. The van der Waals surface area contributed by atoms with Crippen LogP contribution >= 0.6 is 15.9 Å². The molecule has 3 rings (SSSR count). The molecule has 1 aliphatic rings. The second-order valence-electron chi connectivity index (χ2n) is 5.31. The summed E-state index contributed by atoms with van der Waals surface area (Å²) in [6.45, 7) is 0.244. The van der Waals surface area contributed by atoms with Crippen LogP contribution in [0.5, 0.6) is 0 Å². The van der Waals surface area contributed by atoms with Crippen LogP contribution in [0.3, 0.4) is 0 Å². The van der Waals surface area contributed by atoms with Crippen LogP contribution in [-0.2, 0) is 12.5 Å². The molecule has 0 spiro atoms. The van der Waals surface area contributed by atoms with Crippen LogP contribution in [0.25, 0.3) is 0 Å². The minimum atomic E-state index is -0.109. The number of hydrogen-bond donors (Lipinski definition) is 1. The van der Waals surface area contributed by atoms with E-state index in [9.17, 15) is 5.11 Å². The van der Waals surface area contributed by atoms with Crippen LogP contribution < -0.4 is 0 Å². The molecular weight excluding hydrogens is 306 g/mol. The van der Waals surface area contributed by atoms with E-state index in [1.165, 1.54) is 5.56 Å². The van der Waals surface area contributed by atoms with Crippen molar-refractivity contribution < 1.29 is 5.11 Å². The van der Waals surface area contributed by atoms with Gasteiger partial charge in [0.25, 0.3) is 0 Å². The van der Waals surface area contributed by atoms with E-state index in [4.69, 9.17) is 0 Å². The van der Waals surface area contributed by atoms with Gasteiger partial charge in [0, 0.05) is 18.1 Å². The average Bonchev–Trinajstić information content (AvgIpc) is 2.76. The fourth-order valence-corrected chi connectivity index (χ4v) is 3.50. The van der Waals surface area contributed by atoms with Gasteiger partial charge in [-0.1, -0.05) is 28.1 Å². The third kappa shape index (κ3) is 2.01. The maximum absolute atomic E-state index is 9.33. The predicted octanol–water partition coefficient (Wildman–Crippen LogP) is 2.27. The summed E-state index contributed by atoms with van der Waals surface area (Å²) in [5.41, 5.74) is 1.13. The van der Waals surface area contributed by atoms with E-state index < -0.39 is 0 Å². The molecule has 100 valence electrons. The van der Waals surface area contributed by atoms with Gasteiger partial charge in [-0.2, -0.15) is 0 Å². The molecule has 1 aromatic heterocycles. The van der Waals surface area contributed by atoms with Crippen LogP contribution in [-0.4, -0.2) is 26.5 Å². The molecule has 0 bridgehead atoms. The van der Waals surface area contributed by atoms with Gasteiger partial charge in [0.1, 0.15) is 12.2 Å². The first-order valence-corrected chi connectivity index (χ1v) is 7.16. The fraction of sp³-hybridized carbons (Fsp3) is 0.429. The SMILES string of the molecule is Cn1cnnc1C1(c2cccc(Br)c2)CC(CO)C1. The van der Waals surface area contributed by atoms with E-state index in [1.54, 1.807) is 6.33 Å². The molecule has 2 aromatic rings. The molecule has 0 amide bonds. The first-order chi connectivity index (χ1) is 9.15. The number of aromatic nitrogens is 3. The van der Waals surface area contributed by atoms with Gasteiger partial charge in [0.15, 0.2) is 0 Å². The first-order valence-electron chi connectivity index (χ1n) is 6.37.